The summed E-state index contributed by atoms with van der Waals surface area (Å²) in [5, 5.41) is 0. The fourth-order valence-corrected chi connectivity index (χ4v) is 4.02. The summed E-state index contributed by atoms with van der Waals surface area (Å²) in [6, 6.07) is 14.0. The molecule has 0 amide bonds. The molecule has 0 fully saturated rings. The fraction of sp³-hybridized carbons (Fsp3) is 0.320. The van der Waals surface area contributed by atoms with E-state index in [1.807, 2.05) is 51.1 Å². The van der Waals surface area contributed by atoms with Crippen molar-refractivity contribution in [3.05, 3.63) is 77.2 Å². The number of ketones is 1. The lowest BCUT2D eigenvalue weighted by molar-refractivity contribution is -0.160. The Hall–Kier alpha value is -3.21. The zero-order chi connectivity index (χ0) is 21.3. The van der Waals surface area contributed by atoms with Crippen molar-refractivity contribution in [2.75, 3.05) is 0 Å². The first-order valence-corrected chi connectivity index (χ1v) is 10.3. The molecular formula is C25H26N2O3. The van der Waals surface area contributed by atoms with E-state index in [9.17, 15) is 9.59 Å². The molecular weight excluding hydrogens is 376 g/mol. The molecule has 1 atom stereocenters. The summed E-state index contributed by atoms with van der Waals surface area (Å²) in [5.74, 6) is -0.779. The van der Waals surface area contributed by atoms with Gasteiger partial charge in [0.05, 0.1) is 11.6 Å². The maximum Gasteiger partial charge on any atom is 0.310 e. The highest BCUT2D eigenvalue weighted by molar-refractivity contribution is 6.03. The van der Waals surface area contributed by atoms with Gasteiger partial charge in [0.1, 0.15) is 5.60 Å². The first-order chi connectivity index (χ1) is 14.3. The van der Waals surface area contributed by atoms with Crippen molar-refractivity contribution >= 4 is 11.8 Å². The lowest BCUT2D eigenvalue weighted by Gasteiger charge is -2.26. The highest BCUT2D eigenvalue weighted by Crippen LogP contribution is 2.36. The molecule has 1 unspecified atom stereocenters. The van der Waals surface area contributed by atoms with Gasteiger partial charge in [0, 0.05) is 48.5 Å². The van der Waals surface area contributed by atoms with Crippen LogP contribution in [0.4, 0.5) is 0 Å². The number of pyridine rings is 1. The number of esters is 1. The molecule has 0 radical (unpaired) electrons. The average molecular weight is 402 g/mol. The highest BCUT2D eigenvalue weighted by Gasteiger charge is 2.36. The van der Waals surface area contributed by atoms with Crippen LogP contribution in [-0.2, 0) is 22.4 Å². The molecule has 1 N–H and O–H groups in total. The third kappa shape index (κ3) is 4.20. The Labute approximate surface area is 176 Å². The van der Waals surface area contributed by atoms with E-state index in [0.29, 0.717) is 12.8 Å². The number of hydrogen-bond donors (Lipinski definition) is 1. The predicted molar refractivity (Wildman–Crippen MR) is 115 cm³/mol. The number of benzene rings is 1. The van der Waals surface area contributed by atoms with Crippen LogP contribution in [0.1, 0.15) is 54.4 Å². The minimum atomic E-state index is -0.573. The molecule has 1 aromatic carbocycles. The molecule has 5 nitrogen and oxygen atoms in total. The molecule has 0 saturated heterocycles. The Morgan fingerprint density at radius 3 is 2.47 bits per heavy atom. The van der Waals surface area contributed by atoms with Crippen LogP contribution < -0.4 is 0 Å². The van der Waals surface area contributed by atoms with E-state index in [2.05, 4.69) is 22.1 Å². The number of nitrogens with one attached hydrogen (secondary N) is 1. The molecule has 0 aliphatic heterocycles. The van der Waals surface area contributed by atoms with Crippen molar-refractivity contribution in [3.8, 4) is 11.3 Å². The van der Waals surface area contributed by atoms with Crippen LogP contribution in [0.5, 0.6) is 0 Å². The molecule has 4 rings (SSSR count). The second-order valence-corrected chi connectivity index (χ2v) is 8.79. The number of carbonyl (C=O) groups is 2. The van der Waals surface area contributed by atoms with Crippen molar-refractivity contribution in [1.29, 1.82) is 0 Å². The first kappa shape index (κ1) is 20.1. The van der Waals surface area contributed by atoms with E-state index >= 15 is 0 Å². The quantitative estimate of drug-likeness (QED) is 0.639. The summed E-state index contributed by atoms with van der Waals surface area (Å²) in [6.45, 7) is 5.53. The van der Waals surface area contributed by atoms with Gasteiger partial charge in [0.25, 0.3) is 0 Å². The number of carbonyl (C=O) groups excluding carboxylic acids is 2. The van der Waals surface area contributed by atoms with Gasteiger partial charge in [0.15, 0.2) is 5.78 Å². The molecule has 1 aliphatic carbocycles. The van der Waals surface area contributed by atoms with Gasteiger partial charge < -0.3 is 9.72 Å². The lowest BCUT2D eigenvalue weighted by Crippen LogP contribution is -2.33. The number of Topliss-reactive ketones (excluding diaryl/α,β-unsaturated/α-hetero) is 1. The van der Waals surface area contributed by atoms with Gasteiger partial charge in [-0.15, -0.1) is 0 Å². The molecule has 2 aromatic heterocycles. The number of ether oxygens (including phenoxy) is 1. The van der Waals surface area contributed by atoms with Crippen LogP contribution in [-0.4, -0.2) is 27.3 Å². The highest BCUT2D eigenvalue weighted by atomic mass is 16.6. The van der Waals surface area contributed by atoms with Gasteiger partial charge in [0.2, 0.25) is 0 Å². The number of H-pyrrole nitrogens is 1. The van der Waals surface area contributed by atoms with E-state index in [0.717, 1.165) is 33.6 Å². The zero-order valence-electron chi connectivity index (χ0n) is 17.6. The predicted octanol–water partition coefficient (Wildman–Crippen LogP) is 4.75. The third-order valence-electron chi connectivity index (χ3n) is 5.28. The summed E-state index contributed by atoms with van der Waals surface area (Å²) in [5.41, 5.74) is 4.99. The third-order valence-corrected chi connectivity index (χ3v) is 5.28. The van der Waals surface area contributed by atoms with E-state index in [1.54, 1.807) is 12.4 Å². The molecule has 0 spiro atoms. The summed E-state index contributed by atoms with van der Waals surface area (Å²) >= 11 is 0. The Kier molecular flexibility index (Phi) is 5.29. The molecule has 5 heteroatoms. The number of fused-ring (bicyclic) bond motifs is 1. The van der Waals surface area contributed by atoms with Gasteiger partial charge in [-0.1, -0.05) is 30.3 Å². The summed E-state index contributed by atoms with van der Waals surface area (Å²) in [4.78, 5) is 33.4. The normalized spacial score (nSPS) is 16.2. The van der Waals surface area contributed by atoms with E-state index < -0.39 is 11.5 Å². The molecule has 30 heavy (non-hydrogen) atoms. The number of rotatable bonds is 4. The van der Waals surface area contributed by atoms with Gasteiger partial charge in [-0.05, 0) is 44.0 Å². The van der Waals surface area contributed by atoms with Crippen LogP contribution >= 0.6 is 0 Å². The van der Waals surface area contributed by atoms with Gasteiger partial charge >= 0.3 is 5.97 Å². The lowest BCUT2D eigenvalue weighted by atomic mass is 9.83. The van der Waals surface area contributed by atoms with Crippen molar-refractivity contribution in [3.63, 3.8) is 0 Å². The van der Waals surface area contributed by atoms with E-state index in [4.69, 9.17) is 4.74 Å². The van der Waals surface area contributed by atoms with Crippen LogP contribution in [0.2, 0.25) is 0 Å². The van der Waals surface area contributed by atoms with Gasteiger partial charge in [-0.2, -0.15) is 0 Å². The van der Waals surface area contributed by atoms with Crippen LogP contribution in [0.25, 0.3) is 11.3 Å². The Morgan fingerprint density at radius 2 is 1.80 bits per heavy atom. The van der Waals surface area contributed by atoms with E-state index in [-0.39, 0.29) is 18.2 Å². The SMILES string of the molecule is CC(C)(C)OC(=O)C1CC(=O)c2c([nH]c(-c3ccncc3)c2Cc2ccccc2)C1. The van der Waals surface area contributed by atoms with Crippen LogP contribution in [0, 0.1) is 5.92 Å². The number of hydrogen-bond acceptors (Lipinski definition) is 4. The molecule has 0 saturated carbocycles. The molecule has 2 heterocycles. The maximum atomic E-state index is 13.2. The molecule has 154 valence electrons. The summed E-state index contributed by atoms with van der Waals surface area (Å²) in [7, 11) is 0. The molecule has 0 bridgehead atoms. The average Bonchev–Trinajstić information content (AvgIpc) is 3.07. The minimum absolute atomic E-state index is 0.00500. The second kappa shape index (κ2) is 7.90. The molecule has 3 aromatic rings. The minimum Gasteiger partial charge on any atom is -0.460 e. The number of aromatic amines is 1. The first-order valence-electron chi connectivity index (χ1n) is 10.3. The van der Waals surface area contributed by atoms with Gasteiger partial charge in [-0.3, -0.25) is 14.6 Å². The molecule has 1 aliphatic rings. The van der Waals surface area contributed by atoms with E-state index in [1.165, 1.54) is 0 Å². The van der Waals surface area contributed by atoms with Crippen LogP contribution in [0.15, 0.2) is 54.9 Å². The standard InChI is InChI=1S/C25H26N2O3/c1-25(2,3)30-24(29)18-14-20-22(21(28)15-18)19(13-16-7-5-4-6-8-16)23(27-20)17-9-11-26-12-10-17/h4-12,18,27H,13-15H2,1-3H3. The number of nitrogens with zero attached hydrogens (tertiary/aromatic N) is 1. The second-order valence-electron chi connectivity index (χ2n) is 8.79. The Morgan fingerprint density at radius 1 is 1.10 bits per heavy atom. The number of aromatic nitrogens is 2. The van der Waals surface area contributed by atoms with Crippen molar-refractivity contribution in [2.24, 2.45) is 5.92 Å². The van der Waals surface area contributed by atoms with Crippen molar-refractivity contribution < 1.29 is 14.3 Å². The van der Waals surface area contributed by atoms with Gasteiger partial charge in [-0.25, -0.2) is 0 Å². The zero-order valence-corrected chi connectivity index (χ0v) is 17.6. The summed E-state index contributed by atoms with van der Waals surface area (Å²) in [6.07, 6.45) is 4.78. The van der Waals surface area contributed by atoms with Crippen molar-refractivity contribution in [2.45, 2.75) is 45.6 Å². The smallest absolute Gasteiger partial charge is 0.310 e. The summed E-state index contributed by atoms with van der Waals surface area (Å²) < 4.78 is 5.54. The van der Waals surface area contributed by atoms with Crippen molar-refractivity contribution in [1.82, 2.24) is 9.97 Å². The maximum absolute atomic E-state index is 13.2. The Balaban J connectivity index is 1.74. The van der Waals surface area contributed by atoms with Crippen LogP contribution in [0.3, 0.4) is 0 Å². The topological polar surface area (TPSA) is 72.1 Å². The fourth-order valence-electron chi connectivity index (χ4n) is 4.02. The monoisotopic (exact) mass is 402 g/mol. The Bertz CT molecular complexity index is 1060. The largest absolute Gasteiger partial charge is 0.460 e.